The fourth-order valence-corrected chi connectivity index (χ4v) is 2.60. The monoisotopic (exact) mass is 241 g/mol. The molecule has 100 valence electrons. The molecule has 1 unspecified atom stereocenters. The van der Waals surface area contributed by atoms with Crippen molar-refractivity contribution in [3.05, 3.63) is 0 Å². The van der Waals surface area contributed by atoms with Gasteiger partial charge in [-0.3, -0.25) is 4.79 Å². The molecule has 1 atom stereocenters. The maximum Gasteiger partial charge on any atom is 0.222 e. The second kappa shape index (κ2) is 6.39. The first-order chi connectivity index (χ1) is 7.95. The van der Waals surface area contributed by atoms with Crippen LogP contribution < -0.4 is 0 Å². The van der Waals surface area contributed by atoms with Crippen molar-refractivity contribution >= 4 is 5.91 Å². The van der Waals surface area contributed by atoms with Crippen molar-refractivity contribution in [2.75, 3.05) is 19.7 Å². The fraction of sp³-hybridized carbons (Fsp3) is 0.929. The number of amides is 1. The zero-order valence-electron chi connectivity index (χ0n) is 11.5. The molecule has 0 aromatic carbocycles. The average Bonchev–Trinajstić information content (AvgIpc) is 2.50. The van der Waals surface area contributed by atoms with E-state index < -0.39 is 0 Å². The lowest BCUT2D eigenvalue weighted by atomic mass is 9.77. The van der Waals surface area contributed by atoms with Crippen molar-refractivity contribution in [1.82, 2.24) is 4.90 Å². The highest BCUT2D eigenvalue weighted by atomic mass is 16.3. The number of likely N-dealkylation sites (tertiary alicyclic amines) is 1. The first-order valence-electron chi connectivity index (χ1n) is 6.84. The Hall–Kier alpha value is -0.570. The Morgan fingerprint density at radius 2 is 2.00 bits per heavy atom. The SMILES string of the molecule is CC(C)(C)C1CCCN(C(=O)CCCO)CC1. The second-order valence-corrected chi connectivity index (χ2v) is 6.20. The Kier molecular flexibility index (Phi) is 5.44. The topological polar surface area (TPSA) is 40.5 Å². The number of rotatable bonds is 3. The lowest BCUT2D eigenvalue weighted by Crippen LogP contribution is -2.32. The number of carbonyl (C=O) groups excluding carboxylic acids is 1. The van der Waals surface area contributed by atoms with Gasteiger partial charge in [-0.15, -0.1) is 0 Å². The van der Waals surface area contributed by atoms with E-state index in [1.807, 2.05) is 4.90 Å². The summed E-state index contributed by atoms with van der Waals surface area (Å²) >= 11 is 0. The summed E-state index contributed by atoms with van der Waals surface area (Å²) in [6.45, 7) is 8.79. The third-order valence-electron chi connectivity index (χ3n) is 3.85. The molecular formula is C14H27NO2. The molecule has 17 heavy (non-hydrogen) atoms. The Morgan fingerprint density at radius 3 is 2.59 bits per heavy atom. The molecule has 3 heteroatoms. The summed E-state index contributed by atoms with van der Waals surface area (Å²) in [6.07, 6.45) is 4.56. The van der Waals surface area contributed by atoms with Crippen molar-refractivity contribution in [2.45, 2.75) is 52.9 Å². The first kappa shape index (κ1) is 14.5. The molecule has 1 N–H and O–H groups in total. The largest absolute Gasteiger partial charge is 0.396 e. The summed E-state index contributed by atoms with van der Waals surface area (Å²) in [5, 5.41) is 8.75. The number of nitrogens with zero attached hydrogens (tertiary/aromatic N) is 1. The van der Waals surface area contributed by atoms with Gasteiger partial charge in [0.15, 0.2) is 0 Å². The van der Waals surface area contributed by atoms with E-state index in [2.05, 4.69) is 20.8 Å². The third-order valence-corrected chi connectivity index (χ3v) is 3.85. The van der Waals surface area contributed by atoms with Crippen LogP contribution in [-0.2, 0) is 4.79 Å². The summed E-state index contributed by atoms with van der Waals surface area (Å²) in [7, 11) is 0. The summed E-state index contributed by atoms with van der Waals surface area (Å²) < 4.78 is 0. The van der Waals surface area contributed by atoms with Gasteiger partial charge in [-0.1, -0.05) is 20.8 Å². The van der Waals surface area contributed by atoms with Crippen LogP contribution in [0.15, 0.2) is 0 Å². The van der Waals surface area contributed by atoms with Crippen LogP contribution in [0.5, 0.6) is 0 Å². The van der Waals surface area contributed by atoms with Crippen molar-refractivity contribution in [3.8, 4) is 0 Å². The molecule has 1 fully saturated rings. The highest BCUT2D eigenvalue weighted by Crippen LogP contribution is 2.34. The van der Waals surface area contributed by atoms with Crippen LogP contribution in [0.25, 0.3) is 0 Å². The number of carbonyl (C=O) groups is 1. The predicted molar refractivity (Wildman–Crippen MR) is 69.7 cm³/mol. The average molecular weight is 241 g/mol. The molecule has 0 saturated carbocycles. The molecule has 0 radical (unpaired) electrons. The van der Waals surface area contributed by atoms with E-state index in [4.69, 9.17) is 5.11 Å². The number of hydrogen-bond acceptors (Lipinski definition) is 2. The van der Waals surface area contributed by atoms with Crippen LogP contribution in [0.1, 0.15) is 52.9 Å². The van der Waals surface area contributed by atoms with Gasteiger partial charge in [0.05, 0.1) is 0 Å². The maximum absolute atomic E-state index is 11.9. The van der Waals surface area contributed by atoms with Gasteiger partial charge in [-0.25, -0.2) is 0 Å². The summed E-state index contributed by atoms with van der Waals surface area (Å²) in [6, 6.07) is 0. The van der Waals surface area contributed by atoms with E-state index in [0.29, 0.717) is 18.3 Å². The number of aliphatic hydroxyl groups excluding tert-OH is 1. The second-order valence-electron chi connectivity index (χ2n) is 6.20. The predicted octanol–water partition coefficient (Wildman–Crippen LogP) is 2.43. The van der Waals surface area contributed by atoms with Crippen LogP contribution in [0.4, 0.5) is 0 Å². The van der Waals surface area contributed by atoms with Gasteiger partial charge in [0, 0.05) is 26.1 Å². The first-order valence-corrected chi connectivity index (χ1v) is 6.84. The van der Waals surface area contributed by atoms with Crippen LogP contribution in [0, 0.1) is 11.3 Å². The van der Waals surface area contributed by atoms with Gasteiger partial charge in [-0.2, -0.15) is 0 Å². The van der Waals surface area contributed by atoms with Gasteiger partial charge >= 0.3 is 0 Å². The summed E-state index contributed by atoms with van der Waals surface area (Å²) in [5.41, 5.74) is 0.351. The Bertz CT molecular complexity index is 245. The van der Waals surface area contributed by atoms with Crippen LogP contribution in [-0.4, -0.2) is 35.6 Å². The van der Waals surface area contributed by atoms with Crippen LogP contribution >= 0.6 is 0 Å². The molecule has 0 bridgehead atoms. The van der Waals surface area contributed by atoms with Crippen LogP contribution in [0.2, 0.25) is 0 Å². The van der Waals surface area contributed by atoms with Crippen molar-refractivity contribution in [2.24, 2.45) is 11.3 Å². The smallest absolute Gasteiger partial charge is 0.222 e. The highest BCUT2D eigenvalue weighted by molar-refractivity contribution is 5.76. The lowest BCUT2D eigenvalue weighted by molar-refractivity contribution is -0.131. The van der Waals surface area contributed by atoms with Gasteiger partial charge in [0.25, 0.3) is 0 Å². The van der Waals surface area contributed by atoms with E-state index in [1.165, 1.54) is 6.42 Å². The highest BCUT2D eigenvalue weighted by Gasteiger charge is 2.28. The Balaban J connectivity index is 2.45. The molecule has 1 aliphatic rings. The van der Waals surface area contributed by atoms with E-state index in [1.54, 1.807) is 0 Å². The molecule has 1 heterocycles. The number of hydrogen-bond donors (Lipinski definition) is 1. The molecule has 1 saturated heterocycles. The molecule has 3 nitrogen and oxygen atoms in total. The van der Waals surface area contributed by atoms with Crippen LogP contribution in [0.3, 0.4) is 0 Å². The lowest BCUT2D eigenvalue weighted by Gasteiger charge is -2.29. The Morgan fingerprint density at radius 1 is 1.29 bits per heavy atom. The quantitative estimate of drug-likeness (QED) is 0.824. The molecule has 0 aliphatic carbocycles. The summed E-state index contributed by atoms with van der Waals surface area (Å²) in [4.78, 5) is 13.9. The molecule has 1 rings (SSSR count). The fourth-order valence-electron chi connectivity index (χ4n) is 2.60. The van der Waals surface area contributed by atoms with E-state index >= 15 is 0 Å². The minimum absolute atomic E-state index is 0.115. The standard InChI is InChI=1S/C14H27NO2/c1-14(2,3)12-6-4-9-15(10-8-12)13(17)7-5-11-16/h12,16H,4-11H2,1-3H3. The third kappa shape index (κ3) is 4.66. The van der Waals surface area contributed by atoms with Crippen molar-refractivity contribution in [1.29, 1.82) is 0 Å². The van der Waals surface area contributed by atoms with E-state index in [9.17, 15) is 4.79 Å². The minimum Gasteiger partial charge on any atom is -0.396 e. The molecular weight excluding hydrogens is 214 g/mol. The molecule has 0 aromatic heterocycles. The van der Waals surface area contributed by atoms with Gasteiger partial charge in [-0.05, 0) is 37.0 Å². The van der Waals surface area contributed by atoms with Gasteiger partial charge in [0.1, 0.15) is 0 Å². The molecule has 0 spiro atoms. The number of aliphatic hydroxyl groups is 1. The van der Waals surface area contributed by atoms with Crippen molar-refractivity contribution in [3.63, 3.8) is 0 Å². The van der Waals surface area contributed by atoms with E-state index in [0.717, 1.165) is 31.8 Å². The zero-order valence-corrected chi connectivity index (χ0v) is 11.5. The minimum atomic E-state index is 0.115. The van der Waals surface area contributed by atoms with Crippen molar-refractivity contribution < 1.29 is 9.90 Å². The Labute approximate surface area is 105 Å². The normalized spacial score (nSPS) is 22.4. The molecule has 1 aliphatic heterocycles. The van der Waals surface area contributed by atoms with E-state index in [-0.39, 0.29) is 12.5 Å². The van der Waals surface area contributed by atoms with Gasteiger partial charge < -0.3 is 10.0 Å². The van der Waals surface area contributed by atoms with Gasteiger partial charge in [0.2, 0.25) is 5.91 Å². The maximum atomic E-state index is 11.9. The summed E-state index contributed by atoms with van der Waals surface area (Å²) in [5.74, 6) is 0.937. The molecule has 0 aromatic rings. The molecule has 1 amide bonds. The zero-order chi connectivity index (χ0) is 12.9.